The van der Waals surface area contributed by atoms with E-state index in [9.17, 15) is 0 Å². The van der Waals surface area contributed by atoms with Crippen molar-refractivity contribution in [2.75, 3.05) is 0 Å². The van der Waals surface area contributed by atoms with Crippen LogP contribution in [0.2, 0.25) is 0 Å². The molecule has 0 aromatic carbocycles. The summed E-state index contributed by atoms with van der Waals surface area (Å²) in [4.78, 5) is 0. The minimum absolute atomic E-state index is 0.612. The molecule has 3 aliphatic rings. The molecule has 1 N–H and O–H groups in total. The summed E-state index contributed by atoms with van der Waals surface area (Å²) in [7, 11) is 0. The molecule has 0 spiro atoms. The van der Waals surface area contributed by atoms with Crippen LogP contribution in [-0.4, -0.2) is 12.1 Å². The van der Waals surface area contributed by atoms with Gasteiger partial charge in [-0.25, -0.2) is 0 Å². The van der Waals surface area contributed by atoms with Gasteiger partial charge in [-0.05, 0) is 68.6 Å². The van der Waals surface area contributed by atoms with Crippen molar-refractivity contribution in [1.29, 1.82) is 0 Å². The number of hydrogen-bond acceptors (Lipinski definition) is 1. The Labute approximate surface area is 113 Å². The van der Waals surface area contributed by atoms with Gasteiger partial charge in [0.25, 0.3) is 0 Å². The summed E-state index contributed by atoms with van der Waals surface area (Å²) in [6.07, 6.45) is 14.7. The van der Waals surface area contributed by atoms with E-state index in [1.54, 1.807) is 0 Å². The topological polar surface area (TPSA) is 12.0 Å². The van der Waals surface area contributed by atoms with Gasteiger partial charge in [0.15, 0.2) is 0 Å². The average Bonchev–Trinajstić information content (AvgIpc) is 3.16. The first kappa shape index (κ1) is 13.0. The minimum Gasteiger partial charge on any atom is -0.311 e. The van der Waals surface area contributed by atoms with E-state index in [1.165, 1.54) is 64.2 Å². The molecule has 0 bridgehead atoms. The van der Waals surface area contributed by atoms with Crippen LogP contribution < -0.4 is 5.32 Å². The predicted molar refractivity (Wildman–Crippen MR) is 77.6 cm³/mol. The lowest BCUT2D eigenvalue weighted by Crippen LogP contribution is -2.44. The van der Waals surface area contributed by atoms with Crippen LogP contribution in [0.4, 0.5) is 0 Å². The van der Waals surface area contributed by atoms with Gasteiger partial charge in [0.05, 0.1) is 0 Å². The van der Waals surface area contributed by atoms with E-state index in [-0.39, 0.29) is 0 Å². The predicted octanol–water partition coefficient (Wildman–Crippen LogP) is 4.51. The average molecular weight is 249 g/mol. The Hall–Kier alpha value is -0.0400. The number of rotatable bonds is 3. The summed E-state index contributed by atoms with van der Waals surface area (Å²) in [6.45, 7) is 4.87. The first-order valence-corrected chi connectivity index (χ1v) is 8.38. The van der Waals surface area contributed by atoms with E-state index < -0.39 is 0 Å². The van der Waals surface area contributed by atoms with E-state index in [4.69, 9.17) is 0 Å². The second-order valence-corrected chi connectivity index (χ2v) is 8.07. The molecule has 0 heterocycles. The summed E-state index contributed by atoms with van der Waals surface area (Å²) >= 11 is 0. The molecule has 3 aliphatic carbocycles. The van der Waals surface area contributed by atoms with Gasteiger partial charge in [-0.15, -0.1) is 0 Å². The van der Waals surface area contributed by atoms with Crippen LogP contribution in [0.5, 0.6) is 0 Å². The Balaban J connectivity index is 1.44. The molecule has 1 nitrogen and oxygen atoms in total. The van der Waals surface area contributed by atoms with E-state index >= 15 is 0 Å². The molecule has 3 fully saturated rings. The number of hydrogen-bond donors (Lipinski definition) is 1. The Morgan fingerprint density at radius 3 is 2.17 bits per heavy atom. The first-order valence-electron chi connectivity index (χ1n) is 8.38. The molecule has 2 unspecified atom stereocenters. The molecule has 0 aromatic rings. The molecule has 0 aliphatic heterocycles. The van der Waals surface area contributed by atoms with E-state index in [1.807, 2.05) is 0 Å². The molecule has 18 heavy (non-hydrogen) atoms. The fraction of sp³-hybridized carbons (Fsp3) is 1.00. The first-order chi connectivity index (χ1) is 8.62. The highest BCUT2D eigenvalue weighted by Gasteiger charge is 2.35. The smallest absolute Gasteiger partial charge is 0.00723 e. The van der Waals surface area contributed by atoms with Gasteiger partial charge in [-0.3, -0.25) is 0 Å². The number of nitrogens with one attached hydrogen (secondary N) is 1. The van der Waals surface area contributed by atoms with Gasteiger partial charge >= 0.3 is 0 Å². The molecule has 104 valence electrons. The molecular weight excluding hydrogens is 218 g/mol. The van der Waals surface area contributed by atoms with Crippen LogP contribution in [0.25, 0.3) is 0 Å². The lowest BCUT2D eigenvalue weighted by atomic mass is 9.75. The highest BCUT2D eigenvalue weighted by atomic mass is 15.0. The molecule has 3 saturated carbocycles. The molecule has 0 radical (unpaired) electrons. The molecule has 0 amide bonds. The Morgan fingerprint density at radius 1 is 0.778 bits per heavy atom. The van der Waals surface area contributed by atoms with Crippen molar-refractivity contribution in [2.24, 2.45) is 17.3 Å². The van der Waals surface area contributed by atoms with E-state index in [2.05, 4.69) is 19.2 Å². The van der Waals surface area contributed by atoms with Crippen LogP contribution in [-0.2, 0) is 0 Å². The molecule has 0 saturated heterocycles. The molecule has 2 atom stereocenters. The summed E-state index contributed by atoms with van der Waals surface area (Å²) in [5.74, 6) is 2.20. The van der Waals surface area contributed by atoms with Gasteiger partial charge in [-0.2, -0.15) is 0 Å². The van der Waals surface area contributed by atoms with E-state index in [0.717, 1.165) is 23.9 Å². The zero-order valence-electron chi connectivity index (χ0n) is 12.4. The third-order valence-electron chi connectivity index (χ3n) is 5.81. The van der Waals surface area contributed by atoms with Crippen molar-refractivity contribution < 1.29 is 0 Å². The monoisotopic (exact) mass is 249 g/mol. The molecular formula is C17H31N. The van der Waals surface area contributed by atoms with Crippen LogP contribution in [0.15, 0.2) is 0 Å². The molecule has 3 rings (SSSR count). The standard InChI is InChI=1S/C17H31N/c1-17(2)10-8-15(9-11-17)18-16-5-3-4-14(12-16)13-6-7-13/h13-16,18H,3-12H2,1-2H3. The minimum atomic E-state index is 0.612. The summed E-state index contributed by atoms with van der Waals surface area (Å²) in [6, 6.07) is 1.69. The van der Waals surface area contributed by atoms with Gasteiger partial charge in [0.1, 0.15) is 0 Å². The third kappa shape index (κ3) is 3.29. The van der Waals surface area contributed by atoms with Crippen LogP contribution in [0.1, 0.15) is 78.1 Å². The largest absolute Gasteiger partial charge is 0.311 e. The zero-order valence-corrected chi connectivity index (χ0v) is 12.4. The van der Waals surface area contributed by atoms with Crippen LogP contribution >= 0.6 is 0 Å². The highest BCUT2D eigenvalue weighted by molar-refractivity contribution is 4.90. The van der Waals surface area contributed by atoms with Crippen molar-refractivity contribution in [3.05, 3.63) is 0 Å². The summed E-state index contributed by atoms with van der Waals surface area (Å²) in [5.41, 5.74) is 0.612. The quantitative estimate of drug-likeness (QED) is 0.776. The van der Waals surface area contributed by atoms with Crippen LogP contribution in [0, 0.1) is 17.3 Å². The van der Waals surface area contributed by atoms with Gasteiger partial charge in [-0.1, -0.05) is 26.7 Å². The second kappa shape index (κ2) is 5.15. The second-order valence-electron chi connectivity index (χ2n) is 8.07. The summed E-state index contributed by atoms with van der Waals surface area (Å²) < 4.78 is 0. The zero-order chi connectivity index (χ0) is 12.6. The van der Waals surface area contributed by atoms with Crippen molar-refractivity contribution >= 4 is 0 Å². The SMILES string of the molecule is CC1(C)CCC(NC2CCCC(C3CC3)C2)CC1. The van der Waals surface area contributed by atoms with Gasteiger partial charge in [0.2, 0.25) is 0 Å². The van der Waals surface area contributed by atoms with Gasteiger partial charge < -0.3 is 5.32 Å². The maximum atomic E-state index is 4.01. The Bertz CT molecular complexity index is 269. The maximum Gasteiger partial charge on any atom is 0.00723 e. The van der Waals surface area contributed by atoms with E-state index in [0.29, 0.717) is 5.41 Å². The fourth-order valence-electron chi connectivity index (χ4n) is 4.27. The third-order valence-corrected chi connectivity index (χ3v) is 5.81. The summed E-state index contributed by atoms with van der Waals surface area (Å²) in [5, 5.41) is 4.01. The highest BCUT2D eigenvalue weighted by Crippen LogP contribution is 2.44. The maximum absolute atomic E-state index is 4.01. The van der Waals surface area contributed by atoms with Gasteiger partial charge in [0, 0.05) is 12.1 Å². The van der Waals surface area contributed by atoms with Crippen molar-refractivity contribution in [3.8, 4) is 0 Å². The lowest BCUT2D eigenvalue weighted by molar-refractivity contribution is 0.176. The normalized spacial score (nSPS) is 37.7. The lowest BCUT2D eigenvalue weighted by Gasteiger charge is -2.38. The Kier molecular flexibility index (Phi) is 3.71. The van der Waals surface area contributed by atoms with Crippen molar-refractivity contribution in [3.63, 3.8) is 0 Å². The fourth-order valence-corrected chi connectivity index (χ4v) is 4.27. The molecule has 0 aromatic heterocycles. The molecule has 1 heteroatoms. The van der Waals surface area contributed by atoms with Crippen molar-refractivity contribution in [1.82, 2.24) is 5.32 Å². The van der Waals surface area contributed by atoms with Crippen molar-refractivity contribution in [2.45, 2.75) is 90.1 Å². The Morgan fingerprint density at radius 2 is 1.50 bits per heavy atom. The van der Waals surface area contributed by atoms with Crippen LogP contribution in [0.3, 0.4) is 0 Å².